The summed E-state index contributed by atoms with van der Waals surface area (Å²) in [4.78, 5) is 0.978. The Morgan fingerprint density at radius 2 is 2.24 bits per heavy atom. The number of hydrogen-bond donors (Lipinski definition) is 1. The molecule has 2 nitrogen and oxygen atoms in total. The maximum atomic E-state index is 13.2. The number of rotatable bonds is 6. The first-order chi connectivity index (χ1) is 10.2. The van der Waals surface area contributed by atoms with Gasteiger partial charge in [0.25, 0.3) is 0 Å². The Bertz CT molecular complexity index is 538. The molecule has 21 heavy (non-hydrogen) atoms. The maximum Gasteiger partial charge on any atom is 0.124 e. The zero-order valence-corrected chi connectivity index (χ0v) is 13.0. The molecule has 2 aliphatic carbocycles. The summed E-state index contributed by atoms with van der Waals surface area (Å²) < 4.78 is 13.2. The fraction of sp³-hybridized carbons (Fsp3) is 0.588. The van der Waals surface area contributed by atoms with Crippen molar-refractivity contribution in [2.75, 3.05) is 5.75 Å². The third kappa shape index (κ3) is 3.59. The van der Waals surface area contributed by atoms with E-state index >= 15 is 0 Å². The van der Waals surface area contributed by atoms with Crippen molar-refractivity contribution in [2.24, 2.45) is 5.92 Å². The van der Waals surface area contributed by atoms with Crippen LogP contribution in [0.3, 0.4) is 0 Å². The maximum absolute atomic E-state index is 13.2. The van der Waals surface area contributed by atoms with Gasteiger partial charge in [-0.2, -0.15) is 5.26 Å². The predicted molar refractivity (Wildman–Crippen MR) is 83.6 cm³/mol. The van der Waals surface area contributed by atoms with Crippen LogP contribution in [0, 0.1) is 23.1 Å². The molecular formula is C17H21FN2S. The van der Waals surface area contributed by atoms with E-state index in [9.17, 15) is 9.65 Å². The molecule has 0 bridgehead atoms. The molecule has 2 unspecified atom stereocenters. The summed E-state index contributed by atoms with van der Waals surface area (Å²) >= 11 is 1.69. The number of benzene rings is 1. The lowest BCUT2D eigenvalue weighted by Crippen LogP contribution is -2.48. The number of nitrogens with zero attached hydrogens (tertiary/aromatic N) is 1. The van der Waals surface area contributed by atoms with Crippen LogP contribution < -0.4 is 5.32 Å². The van der Waals surface area contributed by atoms with E-state index in [1.165, 1.54) is 18.9 Å². The van der Waals surface area contributed by atoms with E-state index in [-0.39, 0.29) is 11.4 Å². The molecule has 2 aliphatic rings. The minimum Gasteiger partial charge on any atom is -0.296 e. The standard InChI is InChI=1S/C17H21FN2S/c18-14-4-1-5-16(11-14)21-10-8-13-3-2-9-17(13,12-19)20-15-6-7-15/h1,4-5,11,13,15,20H,2-3,6-10H2. The first kappa shape index (κ1) is 14.9. The highest BCUT2D eigenvalue weighted by Gasteiger charge is 2.45. The third-order valence-corrected chi connectivity index (χ3v) is 5.62. The van der Waals surface area contributed by atoms with Gasteiger partial charge in [-0.05, 0) is 62.0 Å². The van der Waals surface area contributed by atoms with Crippen molar-refractivity contribution >= 4 is 11.8 Å². The van der Waals surface area contributed by atoms with Crippen molar-refractivity contribution in [1.82, 2.24) is 5.32 Å². The van der Waals surface area contributed by atoms with Gasteiger partial charge in [0.05, 0.1) is 6.07 Å². The topological polar surface area (TPSA) is 35.8 Å². The molecule has 4 heteroatoms. The molecule has 0 radical (unpaired) electrons. The van der Waals surface area contributed by atoms with Crippen LogP contribution in [0.4, 0.5) is 4.39 Å². The molecule has 0 heterocycles. The first-order valence-electron chi connectivity index (χ1n) is 7.79. The molecule has 1 aromatic carbocycles. The van der Waals surface area contributed by atoms with Gasteiger partial charge in [-0.1, -0.05) is 12.5 Å². The van der Waals surface area contributed by atoms with E-state index in [0.29, 0.717) is 12.0 Å². The average molecular weight is 304 g/mol. The molecule has 3 rings (SSSR count). The van der Waals surface area contributed by atoms with Crippen LogP contribution in [0.15, 0.2) is 29.2 Å². The van der Waals surface area contributed by atoms with E-state index in [4.69, 9.17) is 0 Å². The van der Waals surface area contributed by atoms with Crippen molar-refractivity contribution in [3.63, 3.8) is 0 Å². The quantitative estimate of drug-likeness (QED) is 0.803. The van der Waals surface area contributed by atoms with Gasteiger partial charge in [-0.15, -0.1) is 11.8 Å². The summed E-state index contributed by atoms with van der Waals surface area (Å²) in [7, 11) is 0. The highest BCUT2D eigenvalue weighted by atomic mass is 32.2. The largest absolute Gasteiger partial charge is 0.296 e. The van der Waals surface area contributed by atoms with Gasteiger partial charge in [-0.25, -0.2) is 4.39 Å². The molecule has 2 saturated carbocycles. The van der Waals surface area contributed by atoms with E-state index < -0.39 is 0 Å². The van der Waals surface area contributed by atoms with Gasteiger partial charge in [0, 0.05) is 10.9 Å². The van der Waals surface area contributed by atoms with E-state index in [1.54, 1.807) is 23.9 Å². The summed E-state index contributed by atoms with van der Waals surface area (Å²) in [5, 5.41) is 13.2. The summed E-state index contributed by atoms with van der Waals surface area (Å²) in [6.45, 7) is 0. The highest BCUT2D eigenvalue weighted by molar-refractivity contribution is 7.99. The molecule has 0 spiro atoms. The van der Waals surface area contributed by atoms with Crippen LogP contribution in [0.2, 0.25) is 0 Å². The zero-order chi connectivity index (χ0) is 14.7. The molecule has 0 amide bonds. The van der Waals surface area contributed by atoms with E-state index in [2.05, 4.69) is 11.4 Å². The number of nitriles is 1. The predicted octanol–water partition coefficient (Wildman–Crippen LogP) is 4.12. The minimum absolute atomic E-state index is 0.178. The van der Waals surface area contributed by atoms with Gasteiger partial charge in [0.15, 0.2) is 0 Å². The second-order valence-electron chi connectivity index (χ2n) is 6.19. The monoisotopic (exact) mass is 304 g/mol. The van der Waals surface area contributed by atoms with Crippen molar-refractivity contribution in [2.45, 2.75) is 55.0 Å². The second-order valence-corrected chi connectivity index (χ2v) is 7.35. The van der Waals surface area contributed by atoms with Crippen LogP contribution in [0.25, 0.3) is 0 Å². The molecular weight excluding hydrogens is 283 g/mol. The highest BCUT2D eigenvalue weighted by Crippen LogP contribution is 2.41. The molecule has 2 atom stereocenters. The van der Waals surface area contributed by atoms with Crippen molar-refractivity contribution < 1.29 is 4.39 Å². The summed E-state index contributed by atoms with van der Waals surface area (Å²) in [5.74, 6) is 1.20. The number of halogens is 1. The molecule has 1 N–H and O–H groups in total. The average Bonchev–Trinajstić information content (AvgIpc) is 3.20. The van der Waals surface area contributed by atoms with Gasteiger partial charge >= 0.3 is 0 Å². The third-order valence-electron chi connectivity index (χ3n) is 4.59. The van der Waals surface area contributed by atoms with Gasteiger partial charge in [0.2, 0.25) is 0 Å². The summed E-state index contributed by atoms with van der Waals surface area (Å²) in [6, 6.07) is 9.90. The summed E-state index contributed by atoms with van der Waals surface area (Å²) in [6.07, 6.45) is 6.71. The lowest BCUT2D eigenvalue weighted by Gasteiger charge is -2.30. The Morgan fingerprint density at radius 1 is 1.38 bits per heavy atom. The Morgan fingerprint density at radius 3 is 2.95 bits per heavy atom. The van der Waals surface area contributed by atoms with Crippen LogP contribution in [-0.2, 0) is 0 Å². The van der Waals surface area contributed by atoms with Crippen LogP contribution in [-0.4, -0.2) is 17.3 Å². The van der Waals surface area contributed by atoms with E-state index in [0.717, 1.165) is 36.3 Å². The normalized spacial score (nSPS) is 28.5. The Balaban J connectivity index is 1.55. The molecule has 0 aromatic heterocycles. The van der Waals surface area contributed by atoms with E-state index in [1.807, 2.05) is 6.07 Å². The first-order valence-corrected chi connectivity index (χ1v) is 8.78. The minimum atomic E-state index is -0.302. The van der Waals surface area contributed by atoms with Crippen molar-refractivity contribution in [3.8, 4) is 6.07 Å². The smallest absolute Gasteiger partial charge is 0.124 e. The van der Waals surface area contributed by atoms with Gasteiger partial charge < -0.3 is 0 Å². The molecule has 0 saturated heterocycles. The fourth-order valence-corrected chi connectivity index (χ4v) is 4.31. The lowest BCUT2D eigenvalue weighted by atomic mass is 9.86. The SMILES string of the molecule is N#CC1(NC2CC2)CCCC1CCSc1cccc(F)c1. The van der Waals surface area contributed by atoms with Crippen molar-refractivity contribution in [1.29, 1.82) is 5.26 Å². The molecule has 0 aliphatic heterocycles. The van der Waals surface area contributed by atoms with Gasteiger partial charge in [0.1, 0.15) is 11.4 Å². The number of thioether (sulfide) groups is 1. The fourth-order valence-electron chi connectivity index (χ4n) is 3.31. The molecule has 2 fully saturated rings. The van der Waals surface area contributed by atoms with Crippen LogP contribution in [0.1, 0.15) is 38.5 Å². The van der Waals surface area contributed by atoms with Crippen LogP contribution in [0.5, 0.6) is 0 Å². The summed E-state index contributed by atoms with van der Waals surface area (Å²) in [5.41, 5.74) is -0.302. The molecule has 1 aromatic rings. The second kappa shape index (κ2) is 6.37. The Kier molecular flexibility index (Phi) is 4.51. The van der Waals surface area contributed by atoms with Crippen LogP contribution >= 0.6 is 11.8 Å². The molecule has 112 valence electrons. The van der Waals surface area contributed by atoms with Crippen molar-refractivity contribution in [3.05, 3.63) is 30.1 Å². The number of hydrogen-bond acceptors (Lipinski definition) is 3. The Labute approximate surface area is 130 Å². The lowest BCUT2D eigenvalue weighted by molar-refractivity contribution is 0.308. The Hall–Kier alpha value is -1.05. The number of nitrogens with one attached hydrogen (secondary N) is 1. The van der Waals surface area contributed by atoms with Gasteiger partial charge in [-0.3, -0.25) is 5.32 Å². The zero-order valence-electron chi connectivity index (χ0n) is 12.1.